The minimum absolute atomic E-state index is 0.0984. The minimum atomic E-state index is -0.829. The second-order valence-electron chi connectivity index (χ2n) is 16.3. The van der Waals surface area contributed by atoms with Crippen LogP contribution in [-0.4, -0.2) is 48.6 Å². The molecule has 0 aliphatic heterocycles. The van der Waals surface area contributed by atoms with E-state index >= 15 is 0 Å². The van der Waals surface area contributed by atoms with Gasteiger partial charge in [-0.3, -0.25) is 19.2 Å². The molecule has 0 aromatic heterocycles. The standard InChI is InChI=1S/C39H58N2O8S/c1-21-11-13-37(7)15-16-38(8,36(40)46)19-29(37)22(2)12-14-39(9)27(21)18-32(50-20-30(35(45)47-10)41-24(4)42)33-23(3)34(49-26(6)44)31(17-28(33)39)48-25(5)43/h17,21-22,27,29-30,32H,11-16,18-20H2,1-10H3,(H2,40,46)(H,41,42)/t21-,22+,27?,29-,30-,32?,37-,38+,39+/m0/s1. The molecule has 2 fully saturated rings. The smallest absolute Gasteiger partial charge is 0.329 e. The number of benzene rings is 1. The third-order valence-electron chi connectivity index (χ3n) is 12.7. The number of ether oxygens (including phenoxy) is 3. The van der Waals surface area contributed by atoms with E-state index in [-0.39, 0.29) is 51.1 Å². The van der Waals surface area contributed by atoms with Gasteiger partial charge in [-0.25, -0.2) is 4.79 Å². The van der Waals surface area contributed by atoms with Crippen molar-refractivity contribution in [3.63, 3.8) is 0 Å². The molecule has 4 rings (SSSR count). The summed E-state index contributed by atoms with van der Waals surface area (Å²) in [4.78, 5) is 62.1. The first-order valence-electron chi connectivity index (χ1n) is 18.1. The first kappa shape index (κ1) is 39.7. The lowest BCUT2D eigenvalue weighted by Gasteiger charge is -2.54. The van der Waals surface area contributed by atoms with E-state index in [1.165, 1.54) is 27.9 Å². The molecule has 9 atom stereocenters. The molecule has 3 aliphatic rings. The van der Waals surface area contributed by atoms with E-state index < -0.39 is 29.4 Å². The van der Waals surface area contributed by atoms with E-state index in [1.807, 2.05) is 19.9 Å². The largest absolute Gasteiger partial charge is 0.467 e. The van der Waals surface area contributed by atoms with Crippen molar-refractivity contribution in [2.45, 2.75) is 130 Å². The van der Waals surface area contributed by atoms with Crippen molar-refractivity contribution < 1.29 is 38.2 Å². The maximum Gasteiger partial charge on any atom is 0.329 e. The van der Waals surface area contributed by atoms with Crippen LogP contribution in [0.15, 0.2) is 6.07 Å². The quantitative estimate of drug-likeness (QED) is 0.221. The van der Waals surface area contributed by atoms with Gasteiger partial charge in [0.2, 0.25) is 11.8 Å². The Bertz CT molecular complexity index is 1510. The average Bonchev–Trinajstić information content (AvgIpc) is 3.03. The van der Waals surface area contributed by atoms with Gasteiger partial charge in [0.1, 0.15) is 6.04 Å². The van der Waals surface area contributed by atoms with E-state index in [0.717, 1.165) is 68.1 Å². The zero-order valence-corrected chi connectivity index (χ0v) is 32.5. The second-order valence-corrected chi connectivity index (χ2v) is 17.5. The monoisotopic (exact) mass is 714 g/mol. The fourth-order valence-electron chi connectivity index (χ4n) is 9.57. The summed E-state index contributed by atoms with van der Waals surface area (Å²) in [6, 6.07) is 1.08. The normalized spacial score (nSPS) is 33.0. The Balaban J connectivity index is 1.87. The Kier molecular flexibility index (Phi) is 12.1. The molecule has 0 bridgehead atoms. The van der Waals surface area contributed by atoms with Gasteiger partial charge in [0.15, 0.2) is 11.5 Å². The number of fused-ring (bicyclic) bond motifs is 4. The summed E-state index contributed by atoms with van der Waals surface area (Å²) in [5.41, 5.74) is 8.01. The highest BCUT2D eigenvalue weighted by molar-refractivity contribution is 7.99. The number of amides is 2. The number of nitrogens with one attached hydrogen (secondary N) is 1. The van der Waals surface area contributed by atoms with Gasteiger partial charge < -0.3 is 25.3 Å². The lowest BCUT2D eigenvalue weighted by atomic mass is 9.51. The van der Waals surface area contributed by atoms with Crippen LogP contribution in [0.3, 0.4) is 0 Å². The van der Waals surface area contributed by atoms with Crippen LogP contribution >= 0.6 is 11.8 Å². The summed E-state index contributed by atoms with van der Waals surface area (Å²) >= 11 is 1.59. The molecule has 50 heavy (non-hydrogen) atoms. The van der Waals surface area contributed by atoms with Crippen LogP contribution in [0.1, 0.15) is 129 Å². The van der Waals surface area contributed by atoms with Crippen LogP contribution in [0.2, 0.25) is 0 Å². The van der Waals surface area contributed by atoms with Gasteiger partial charge in [0, 0.05) is 42.8 Å². The van der Waals surface area contributed by atoms with E-state index in [1.54, 1.807) is 11.8 Å². The molecule has 2 amide bonds. The zero-order chi connectivity index (χ0) is 37.3. The number of esters is 3. The summed E-state index contributed by atoms with van der Waals surface area (Å²) in [6.07, 6.45) is 7.25. The predicted octanol–water partition coefficient (Wildman–Crippen LogP) is 6.72. The second kappa shape index (κ2) is 15.3. The molecule has 0 spiro atoms. The number of methoxy groups -OCH3 is 1. The predicted molar refractivity (Wildman–Crippen MR) is 194 cm³/mol. The zero-order valence-electron chi connectivity index (χ0n) is 31.7. The first-order valence-corrected chi connectivity index (χ1v) is 19.1. The topological polar surface area (TPSA) is 151 Å². The molecule has 0 radical (unpaired) electrons. The van der Waals surface area contributed by atoms with E-state index in [9.17, 15) is 24.0 Å². The molecule has 1 aromatic rings. The molecule has 10 nitrogen and oxygen atoms in total. The molecule has 1 aromatic carbocycles. The van der Waals surface area contributed by atoms with Crippen LogP contribution < -0.4 is 20.5 Å². The third kappa shape index (κ3) is 8.02. The van der Waals surface area contributed by atoms with E-state index in [2.05, 4.69) is 33.0 Å². The van der Waals surface area contributed by atoms with Crippen LogP contribution in [0.4, 0.5) is 0 Å². The van der Waals surface area contributed by atoms with Gasteiger partial charge in [-0.2, -0.15) is 11.8 Å². The van der Waals surface area contributed by atoms with Gasteiger partial charge in [-0.05, 0) is 110 Å². The van der Waals surface area contributed by atoms with Gasteiger partial charge in [0.25, 0.3) is 0 Å². The number of carbonyl (C=O) groups is 5. The number of primary amides is 1. The van der Waals surface area contributed by atoms with Crippen molar-refractivity contribution >= 4 is 41.5 Å². The fraction of sp³-hybridized carbons (Fsp3) is 0.718. The maximum atomic E-state index is 12.7. The van der Waals surface area contributed by atoms with E-state index in [0.29, 0.717) is 17.8 Å². The molecule has 278 valence electrons. The number of carbonyl (C=O) groups excluding carboxylic acids is 5. The summed E-state index contributed by atoms with van der Waals surface area (Å²) in [7, 11) is 1.31. The highest BCUT2D eigenvalue weighted by Gasteiger charge is 2.52. The molecule has 3 N–H and O–H groups in total. The first-order chi connectivity index (χ1) is 23.3. The Morgan fingerprint density at radius 3 is 2.14 bits per heavy atom. The van der Waals surface area contributed by atoms with Crippen molar-refractivity contribution in [2.75, 3.05) is 12.9 Å². The molecule has 2 saturated carbocycles. The SMILES string of the molecule is COC(=O)[C@H](CSC1CC2[C@@H](C)CC[C@@]3(C)CC[C@@](C)(C(N)=O)C[C@H]3[C@H](C)CC[C@@]2(C)c2cc(OC(C)=O)c(OC(C)=O)c(C)c21)NC(C)=O. The number of hydrogen-bond acceptors (Lipinski definition) is 9. The lowest BCUT2D eigenvalue weighted by Crippen LogP contribution is -2.49. The Labute approximate surface area is 302 Å². The van der Waals surface area contributed by atoms with Crippen LogP contribution in [0.5, 0.6) is 11.5 Å². The van der Waals surface area contributed by atoms with Crippen LogP contribution in [-0.2, 0) is 34.1 Å². The summed E-state index contributed by atoms with van der Waals surface area (Å²) in [6.45, 7) is 17.4. The maximum absolute atomic E-state index is 12.7. The van der Waals surface area contributed by atoms with Gasteiger partial charge in [-0.15, -0.1) is 0 Å². The van der Waals surface area contributed by atoms with Gasteiger partial charge >= 0.3 is 17.9 Å². The third-order valence-corrected chi connectivity index (χ3v) is 14.0. The number of hydrogen-bond donors (Lipinski definition) is 2. The van der Waals surface area contributed by atoms with Crippen molar-refractivity contribution in [3.8, 4) is 11.5 Å². The fourth-order valence-corrected chi connectivity index (χ4v) is 11.0. The summed E-state index contributed by atoms with van der Waals surface area (Å²) in [5, 5.41) is 2.63. The van der Waals surface area contributed by atoms with E-state index in [4.69, 9.17) is 19.9 Å². The lowest BCUT2D eigenvalue weighted by molar-refractivity contribution is -0.144. The molecular formula is C39H58N2O8S. The van der Waals surface area contributed by atoms with Crippen molar-refractivity contribution in [3.05, 3.63) is 22.8 Å². The van der Waals surface area contributed by atoms with Crippen LogP contribution in [0.25, 0.3) is 0 Å². The minimum Gasteiger partial charge on any atom is -0.467 e. The molecule has 0 saturated heterocycles. The molecule has 11 heteroatoms. The summed E-state index contributed by atoms with van der Waals surface area (Å²) < 4.78 is 16.5. The Hall–Kier alpha value is -3.08. The highest BCUT2D eigenvalue weighted by Crippen LogP contribution is 2.62. The number of rotatable bonds is 8. The molecule has 3 aliphatic carbocycles. The van der Waals surface area contributed by atoms with Crippen molar-refractivity contribution in [2.24, 2.45) is 40.2 Å². The number of nitrogens with two attached hydrogens (primary N) is 1. The van der Waals surface area contributed by atoms with Crippen molar-refractivity contribution in [1.29, 1.82) is 0 Å². The molecular weight excluding hydrogens is 657 g/mol. The highest BCUT2D eigenvalue weighted by atomic mass is 32.2. The summed E-state index contributed by atoms with van der Waals surface area (Å²) in [5.74, 6) is -0.111. The van der Waals surface area contributed by atoms with Crippen molar-refractivity contribution in [1.82, 2.24) is 5.32 Å². The molecule has 2 unspecified atom stereocenters. The number of thioether (sulfide) groups is 1. The Morgan fingerprint density at radius 2 is 1.56 bits per heavy atom. The van der Waals surface area contributed by atoms with Crippen LogP contribution in [0, 0.1) is 41.4 Å². The Morgan fingerprint density at radius 1 is 0.940 bits per heavy atom. The van der Waals surface area contributed by atoms with Gasteiger partial charge in [0.05, 0.1) is 7.11 Å². The van der Waals surface area contributed by atoms with Gasteiger partial charge in [-0.1, -0.05) is 34.6 Å². The average molecular weight is 715 g/mol. The molecule has 0 heterocycles.